The van der Waals surface area contributed by atoms with Crippen LogP contribution in [0.1, 0.15) is 10.5 Å². The summed E-state index contributed by atoms with van der Waals surface area (Å²) in [5.74, 6) is 0.249. The number of nitrogens with zero attached hydrogens (tertiary/aromatic N) is 4. The van der Waals surface area contributed by atoms with Gasteiger partial charge in [-0.3, -0.25) is 9.89 Å². The van der Waals surface area contributed by atoms with Gasteiger partial charge in [-0.05, 0) is 49.5 Å². The van der Waals surface area contributed by atoms with Gasteiger partial charge in [-0.15, -0.1) is 0 Å². The minimum absolute atomic E-state index is 0.193. The van der Waals surface area contributed by atoms with Crippen molar-refractivity contribution in [2.45, 2.75) is 0 Å². The maximum atomic E-state index is 12.5. The second kappa shape index (κ2) is 7.24. The largest absolute Gasteiger partial charge is 0.383 e. The van der Waals surface area contributed by atoms with Crippen LogP contribution in [-0.2, 0) is 0 Å². The number of benzene rings is 2. The summed E-state index contributed by atoms with van der Waals surface area (Å²) in [6.45, 7) is 1.32. The van der Waals surface area contributed by atoms with Gasteiger partial charge in [0.05, 0.1) is 11.0 Å². The normalized spacial score (nSPS) is 11.4. The summed E-state index contributed by atoms with van der Waals surface area (Å²) in [4.78, 5) is 22.8. The molecule has 0 radical (unpaired) electrons. The Hall–Kier alpha value is -3.52. The number of H-pyrrole nitrogens is 1. The van der Waals surface area contributed by atoms with Crippen LogP contribution in [0.15, 0.2) is 42.7 Å². The highest BCUT2D eigenvalue weighted by molar-refractivity contribution is 6.05. The van der Waals surface area contributed by atoms with Crippen molar-refractivity contribution < 1.29 is 4.79 Å². The molecule has 0 spiro atoms. The Morgan fingerprint density at radius 3 is 2.64 bits per heavy atom. The summed E-state index contributed by atoms with van der Waals surface area (Å²) in [5.41, 5.74) is 9.91. The predicted octanol–water partition coefficient (Wildman–Crippen LogP) is 2.05. The lowest BCUT2D eigenvalue weighted by Gasteiger charge is -2.09. The van der Waals surface area contributed by atoms with Crippen molar-refractivity contribution in [1.82, 2.24) is 30.4 Å². The molecule has 4 rings (SSSR count). The molecule has 4 aromatic rings. The number of nitrogen functional groups attached to an aromatic ring is 1. The number of rotatable bonds is 5. The zero-order valence-electron chi connectivity index (χ0n) is 15.7. The molecule has 2 heterocycles. The fraction of sp³-hybridized carbons (Fsp3) is 0.200. The van der Waals surface area contributed by atoms with Gasteiger partial charge in [-0.1, -0.05) is 12.1 Å². The van der Waals surface area contributed by atoms with Gasteiger partial charge in [0.1, 0.15) is 12.1 Å². The van der Waals surface area contributed by atoms with Crippen molar-refractivity contribution in [2.24, 2.45) is 0 Å². The van der Waals surface area contributed by atoms with Crippen LogP contribution < -0.4 is 11.1 Å². The molecule has 0 unspecified atom stereocenters. The van der Waals surface area contributed by atoms with E-state index in [1.54, 1.807) is 0 Å². The maximum absolute atomic E-state index is 12.5. The Labute approximate surface area is 161 Å². The zero-order chi connectivity index (χ0) is 19.7. The lowest BCUT2D eigenvalue weighted by atomic mass is 10.0. The zero-order valence-corrected chi connectivity index (χ0v) is 15.7. The Morgan fingerprint density at radius 1 is 1.11 bits per heavy atom. The third-order valence-electron chi connectivity index (χ3n) is 4.62. The number of amides is 1. The number of aromatic nitrogens is 4. The fourth-order valence-electron chi connectivity index (χ4n) is 3.10. The lowest BCUT2D eigenvalue weighted by Crippen LogP contribution is -2.31. The second-order valence-electron chi connectivity index (χ2n) is 6.88. The third-order valence-corrected chi connectivity index (χ3v) is 4.62. The number of hydrogen-bond acceptors (Lipinski definition) is 6. The highest BCUT2D eigenvalue weighted by Gasteiger charge is 2.15. The molecule has 2 aromatic heterocycles. The highest BCUT2D eigenvalue weighted by atomic mass is 16.1. The molecule has 28 heavy (non-hydrogen) atoms. The van der Waals surface area contributed by atoms with Crippen molar-refractivity contribution >= 4 is 33.5 Å². The number of likely N-dealkylation sites (N-methyl/N-ethyl adjacent to an activating group) is 1. The first-order chi connectivity index (χ1) is 13.5. The number of fused-ring (bicyclic) bond motifs is 2. The van der Waals surface area contributed by atoms with Crippen molar-refractivity contribution in [2.75, 3.05) is 32.9 Å². The first-order valence-corrected chi connectivity index (χ1v) is 8.94. The molecule has 0 aliphatic carbocycles. The van der Waals surface area contributed by atoms with Gasteiger partial charge in [0, 0.05) is 23.9 Å². The molecular formula is C20H21N7O. The average Bonchev–Trinajstić information content (AvgIpc) is 3.11. The van der Waals surface area contributed by atoms with Gasteiger partial charge in [-0.2, -0.15) is 5.10 Å². The van der Waals surface area contributed by atoms with E-state index in [0.717, 1.165) is 39.5 Å². The second-order valence-corrected chi connectivity index (χ2v) is 6.88. The molecule has 0 bridgehead atoms. The van der Waals surface area contributed by atoms with E-state index < -0.39 is 0 Å². The number of anilines is 1. The van der Waals surface area contributed by atoms with E-state index in [-0.39, 0.29) is 5.91 Å². The SMILES string of the molecule is CN(C)CCNC(=O)c1n[nH]c2ccc(-c3ccc4ncnc(N)c4c3)cc12. The van der Waals surface area contributed by atoms with E-state index in [4.69, 9.17) is 5.73 Å². The lowest BCUT2D eigenvalue weighted by molar-refractivity contribution is 0.0947. The molecule has 142 valence electrons. The molecular weight excluding hydrogens is 354 g/mol. The fourth-order valence-corrected chi connectivity index (χ4v) is 3.10. The number of hydrogen-bond donors (Lipinski definition) is 3. The van der Waals surface area contributed by atoms with Crippen molar-refractivity contribution in [3.8, 4) is 11.1 Å². The number of carbonyl (C=O) groups excluding carboxylic acids is 1. The molecule has 4 N–H and O–H groups in total. The maximum Gasteiger partial charge on any atom is 0.272 e. The molecule has 8 heteroatoms. The van der Waals surface area contributed by atoms with Crippen LogP contribution in [0.4, 0.5) is 5.82 Å². The molecule has 0 saturated heterocycles. The quantitative estimate of drug-likeness (QED) is 0.492. The predicted molar refractivity (Wildman–Crippen MR) is 110 cm³/mol. The van der Waals surface area contributed by atoms with Crippen LogP contribution in [0.2, 0.25) is 0 Å². The van der Waals surface area contributed by atoms with E-state index in [1.165, 1.54) is 6.33 Å². The number of carbonyl (C=O) groups is 1. The molecule has 8 nitrogen and oxygen atoms in total. The Kier molecular flexibility index (Phi) is 4.62. The summed E-state index contributed by atoms with van der Waals surface area (Å²) < 4.78 is 0. The minimum atomic E-state index is -0.193. The van der Waals surface area contributed by atoms with Gasteiger partial charge in [0.25, 0.3) is 5.91 Å². The van der Waals surface area contributed by atoms with Crippen LogP contribution >= 0.6 is 0 Å². The molecule has 0 fully saturated rings. The summed E-state index contributed by atoms with van der Waals surface area (Å²) in [7, 11) is 3.92. The van der Waals surface area contributed by atoms with Crippen LogP contribution in [-0.4, -0.2) is 58.2 Å². The molecule has 1 amide bonds. The van der Waals surface area contributed by atoms with E-state index in [2.05, 4.69) is 25.5 Å². The molecule has 2 aromatic carbocycles. The average molecular weight is 375 g/mol. The highest BCUT2D eigenvalue weighted by Crippen LogP contribution is 2.28. The Bertz CT molecular complexity index is 1170. The van der Waals surface area contributed by atoms with E-state index in [9.17, 15) is 4.79 Å². The van der Waals surface area contributed by atoms with Gasteiger partial charge in [0.15, 0.2) is 5.69 Å². The third kappa shape index (κ3) is 3.37. The van der Waals surface area contributed by atoms with E-state index in [0.29, 0.717) is 18.1 Å². The van der Waals surface area contributed by atoms with Crippen molar-refractivity contribution in [3.63, 3.8) is 0 Å². The summed E-state index contributed by atoms with van der Waals surface area (Å²) in [6.07, 6.45) is 1.45. The van der Waals surface area contributed by atoms with Gasteiger partial charge >= 0.3 is 0 Å². The number of aromatic amines is 1. The van der Waals surface area contributed by atoms with Crippen LogP contribution in [0.5, 0.6) is 0 Å². The van der Waals surface area contributed by atoms with Crippen LogP contribution in [0.25, 0.3) is 32.9 Å². The Morgan fingerprint density at radius 2 is 1.86 bits per heavy atom. The standard InChI is InChI=1S/C20H21N7O/c1-27(2)8-7-22-20(28)18-14-9-12(4-6-17(14)25-26-18)13-3-5-16-15(10-13)19(21)24-11-23-16/h3-6,9-11H,7-8H2,1-2H3,(H,22,28)(H,25,26)(H2,21,23,24). The number of nitrogens with one attached hydrogen (secondary N) is 2. The Balaban J connectivity index is 1.69. The van der Waals surface area contributed by atoms with Crippen LogP contribution in [0, 0.1) is 0 Å². The van der Waals surface area contributed by atoms with Gasteiger partial charge < -0.3 is 16.0 Å². The van der Waals surface area contributed by atoms with Gasteiger partial charge in [-0.25, -0.2) is 9.97 Å². The summed E-state index contributed by atoms with van der Waals surface area (Å²) >= 11 is 0. The molecule has 0 aliphatic rings. The first-order valence-electron chi connectivity index (χ1n) is 8.94. The van der Waals surface area contributed by atoms with Gasteiger partial charge in [0.2, 0.25) is 0 Å². The van der Waals surface area contributed by atoms with Crippen molar-refractivity contribution in [3.05, 3.63) is 48.4 Å². The smallest absolute Gasteiger partial charge is 0.272 e. The summed E-state index contributed by atoms with van der Waals surface area (Å²) in [5, 5.41) is 11.6. The topological polar surface area (TPSA) is 113 Å². The minimum Gasteiger partial charge on any atom is -0.383 e. The van der Waals surface area contributed by atoms with E-state index in [1.807, 2.05) is 55.4 Å². The summed E-state index contributed by atoms with van der Waals surface area (Å²) in [6, 6.07) is 11.7. The number of nitrogens with two attached hydrogens (primary N) is 1. The van der Waals surface area contributed by atoms with E-state index >= 15 is 0 Å². The monoisotopic (exact) mass is 375 g/mol. The molecule has 0 atom stereocenters. The molecule has 0 saturated carbocycles. The first kappa shape index (κ1) is 17.9. The molecule has 0 aliphatic heterocycles. The van der Waals surface area contributed by atoms with Crippen molar-refractivity contribution in [1.29, 1.82) is 0 Å². The van der Waals surface area contributed by atoms with Crippen LogP contribution in [0.3, 0.4) is 0 Å².